The lowest BCUT2D eigenvalue weighted by Crippen LogP contribution is -2.09. The number of hydrogen-bond acceptors (Lipinski definition) is 2. The van der Waals surface area contributed by atoms with Crippen LogP contribution in [0.4, 0.5) is 5.69 Å². The van der Waals surface area contributed by atoms with Crippen molar-refractivity contribution in [2.45, 2.75) is 13.3 Å². The van der Waals surface area contributed by atoms with E-state index in [1.165, 1.54) is 5.56 Å². The molecule has 2 heteroatoms. The van der Waals surface area contributed by atoms with E-state index in [4.69, 9.17) is 0 Å². The second-order valence-electron chi connectivity index (χ2n) is 4.21. The second-order valence-corrected chi connectivity index (χ2v) is 4.21. The number of anilines is 1. The third-order valence-corrected chi connectivity index (χ3v) is 2.85. The van der Waals surface area contributed by atoms with Gasteiger partial charge in [-0.2, -0.15) is 0 Å². The lowest BCUT2D eigenvalue weighted by atomic mass is 10.1. The Morgan fingerprint density at radius 2 is 2.07 bits per heavy atom. The van der Waals surface area contributed by atoms with Crippen LogP contribution in [0.25, 0.3) is 0 Å². The Morgan fingerprint density at radius 3 is 2.71 bits per heavy atom. The first-order chi connectivity index (χ1) is 6.59. The van der Waals surface area contributed by atoms with Crippen molar-refractivity contribution < 1.29 is 4.79 Å². The van der Waals surface area contributed by atoms with Crippen molar-refractivity contribution in [3.63, 3.8) is 0 Å². The van der Waals surface area contributed by atoms with E-state index in [1.54, 1.807) is 0 Å². The largest absolute Gasteiger partial charge is 0.378 e. The highest BCUT2D eigenvalue weighted by atomic mass is 16.1. The molecule has 1 aliphatic rings. The quantitative estimate of drug-likeness (QED) is 0.674. The Hall–Kier alpha value is -1.31. The van der Waals surface area contributed by atoms with Gasteiger partial charge in [-0.3, -0.25) is 4.79 Å². The number of ketones is 1. The average molecular weight is 189 g/mol. The number of fused-ring (bicyclic) bond motifs is 1. The summed E-state index contributed by atoms with van der Waals surface area (Å²) in [5.41, 5.74) is 3.22. The van der Waals surface area contributed by atoms with E-state index in [1.807, 2.05) is 32.0 Å². The van der Waals surface area contributed by atoms with Crippen molar-refractivity contribution in [2.75, 3.05) is 19.0 Å². The fraction of sp³-hybridized carbons (Fsp3) is 0.417. The monoisotopic (exact) mass is 189 g/mol. The maximum atomic E-state index is 11.8. The third-order valence-electron chi connectivity index (χ3n) is 2.85. The standard InChI is InChI=1S/C12H15NO/c1-8-6-9-4-5-10(13(2)3)7-11(9)12(8)14/h4-5,7-8H,6H2,1-3H3. The molecular weight excluding hydrogens is 174 g/mol. The van der Waals surface area contributed by atoms with Crippen LogP contribution in [0, 0.1) is 5.92 Å². The number of carbonyl (C=O) groups excluding carboxylic acids is 1. The Balaban J connectivity index is 2.46. The molecule has 1 aliphatic carbocycles. The summed E-state index contributed by atoms with van der Waals surface area (Å²) < 4.78 is 0. The van der Waals surface area contributed by atoms with Gasteiger partial charge in [-0.15, -0.1) is 0 Å². The molecule has 0 aliphatic heterocycles. The summed E-state index contributed by atoms with van der Waals surface area (Å²) in [7, 11) is 3.98. The van der Waals surface area contributed by atoms with Gasteiger partial charge in [-0.1, -0.05) is 13.0 Å². The van der Waals surface area contributed by atoms with Gasteiger partial charge in [0, 0.05) is 31.3 Å². The highest BCUT2D eigenvalue weighted by Crippen LogP contribution is 2.29. The van der Waals surface area contributed by atoms with E-state index in [0.29, 0.717) is 5.78 Å². The van der Waals surface area contributed by atoms with Gasteiger partial charge >= 0.3 is 0 Å². The molecule has 0 N–H and O–H groups in total. The summed E-state index contributed by atoms with van der Waals surface area (Å²) in [6.45, 7) is 2.00. The van der Waals surface area contributed by atoms with Crippen LogP contribution in [0.3, 0.4) is 0 Å². The fourth-order valence-electron chi connectivity index (χ4n) is 1.94. The summed E-state index contributed by atoms with van der Waals surface area (Å²) >= 11 is 0. The van der Waals surface area contributed by atoms with Gasteiger partial charge in [-0.25, -0.2) is 0 Å². The summed E-state index contributed by atoms with van der Waals surface area (Å²) in [6.07, 6.45) is 0.905. The Morgan fingerprint density at radius 1 is 1.36 bits per heavy atom. The van der Waals surface area contributed by atoms with Crippen molar-refractivity contribution in [2.24, 2.45) is 5.92 Å². The first-order valence-electron chi connectivity index (χ1n) is 4.94. The van der Waals surface area contributed by atoms with E-state index in [0.717, 1.165) is 17.7 Å². The summed E-state index contributed by atoms with van der Waals surface area (Å²) in [5, 5.41) is 0. The van der Waals surface area contributed by atoms with E-state index in [-0.39, 0.29) is 5.92 Å². The van der Waals surface area contributed by atoms with Crippen LogP contribution in [-0.2, 0) is 6.42 Å². The summed E-state index contributed by atoms with van der Waals surface area (Å²) in [5.74, 6) is 0.464. The molecule has 0 spiro atoms. The van der Waals surface area contributed by atoms with E-state index >= 15 is 0 Å². The van der Waals surface area contributed by atoms with Gasteiger partial charge in [0.15, 0.2) is 5.78 Å². The lowest BCUT2D eigenvalue weighted by molar-refractivity contribution is 0.0946. The third kappa shape index (κ3) is 1.31. The van der Waals surface area contributed by atoms with Crippen LogP contribution < -0.4 is 4.90 Å². The minimum absolute atomic E-state index is 0.169. The molecule has 0 saturated heterocycles. The number of carbonyl (C=O) groups is 1. The Bertz CT molecular complexity index is 382. The SMILES string of the molecule is CC1Cc2ccc(N(C)C)cc2C1=O. The van der Waals surface area contributed by atoms with Crippen LogP contribution in [0.1, 0.15) is 22.8 Å². The first kappa shape index (κ1) is 9.25. The predicted octanol–water partition coefficient (Wildman–Crippen LogP) is 2.13. The Kier molecular flexibility index (Phi) is 2.06. The smallest absolute Gasteiger partial charge is 0.166 e. The molecule has 0 radical (unpaired) electrons. The summed E-state index contributed by atoms with van der Waals surface area (Å²) in [4.78, 5) is 13.8. The first-order valence-corrected chi connectivity index (χ1v) is 4.94. The van der Waals surface area contributed by atoms with Crippen molar-refractivity contribution in [1.29, 1.82) is 0 Å². The minimum Gasteiger partial charge on any atom is -0.378 e. The zero-order valence-corrected chi connectivity index (χ0v) is 8.87. The van der Waals surface area contributed by atoms with Crippen LogP contribution >= 0.6 is 0 Å². The topological polar surface area (TPSA) is 20.3 Å². The van der Waals surface area contributed by atoms with Gasteiger partial charge in [-0.05, 0) is 24.1 Å². The molecule has 0 saturated carbocycles. The number of Topliss-reactive ketones (excluding diaryl/α,β-unsaturated/α-hetero) is 1. The zero-order valence-electron chi connectivity index (χ0n) is 8.87. The molecular formula is C12H15NO. The van der Waals surface area contributed by atoms with E-state index < -0.39 is 0 Å². The van der Waals surface area contributed by atoms with Crippen molar-refractivity contribution in [3.05, 3.63) is 29.3 Å². The number of hydrogen-bond donors (Lipinski definition) is 0. The van der Waals surface area contributed by atoms with Crippen molar-refractivity contribution >= 4 is 11.5 Å². The van der Waals surface area contributed by atoms with Crippen LogP contribution in [0.5, 0.6) is 0 Å². The number of rotatable bonds is 1. The molecule has 0 aromatic heterocycles. The molecule has 0 heterocycles. The van der Waals surface area contributed by atoms with Gasteiger partial charge in [0.25, 0.3) is 0 Å². The van der Waals surface area contributed by atoms with Gasteiger partial charge in [0.05, 0.1) is 0 Å². The van der Waals surface area contributed by atoms with Gasteiger partial charge in [0.2, 0.25) is 0 Å². The molecule has 1 atom stereocenters. The highest BCUT2D eigenvalue weighted by molar-refractivity contribution is 6.02. The molecule has 1 unspecified atom stereocenters. The fourth-order valence-corrected chi connectivity index (χ4v) is 1.94. The van der Waals surface area contributed by atoms with Crippen LogP contribution in [0.2, 0.25) is 0 Å². The van der Waals surface area contributed by atoms with Crippen molar-refractivity contribution in [3.8, 4) is 0 Å². The predicted molar refractivity (Wildman–Crippen MR) is 58.0 cm³/mol. The maximum absolute atomic E-state index is 11.8. The minimum atomic E-state index is 0.169. The molecule has 74 valence electrons. The van der Waals surface area contributed by atoms with Gasteiger partial charge in [0.1, 0.15) is 0 Å². The van der Waals surface area contributed by atoms with Gasteiger partial charge < -0.3 is 4.90 Å². The number of nitrogens with zero attached hydrogens (tertiary/aromatic N) is 1. The normalized spacial score (nSPS) is 19.6. The number of benzene rings is 1. The van der Waals surface area contributed by atoms with E-state index in [9.17, 15) is 4.79 Å². The average Bonchev–Trinajstić information content (AvgIpc) is 2.43. The molecule has 0 amide bonds. The molecule has 2 nitrogen and oxygen atoms in total. The molecule has 1 aromatic carbocycles. The molecule has 0 fully saturated rings. The Labute approximate surface area is 84.5 Å². The van der Waals surface area contributed by atoms with Crippen LogP contribution in [0.15, 0.2) is 18.2 Å². The molecule has 14 heavy (non-hydrogen) atoms. The van der Waals surface area contributed by atoms with E-state index in [2.05, 4.69) is 12.1 Å². The van der Waals surface area contributed by atoms with Crippen LogP contribution in [-0.4, -0.2) is 19.9 Å². The highest BCUT2D eigenvalue weighted by Gasteiger charge is 2.26. The lowest BCUT2D eigenvalue weighted by Gasteiger charge is -2.13. The molecule has 0 bridgehead atoms. The molecule has 2 rings (SSSR count). The molecule has 1 aromatic rings. The maximum Gasteiger partial charge on any atom is 0.166 e. The second kappa shape index (κ2) is 3.12. The summed E-state index contributed by atoms with van der Waals surface area (Å²) in [6, 6.07) is 6.15. The van der Waals surface area contributed by atoms with Crippen molar-refractivity contribution in [1.82, 2.24) is 0 Å². The zero-order chi connectivity index (χ0) is 10.3.